The molecule has 1 atom stereocenters. The number of rotatable bonds is 4. The van der Waals surface area contributed by atoms with Crippen LogP contribution in [0.3, 0.4) is 0 Å². The summed E-state index contributed by atoms with van der Waals surface area (Å²) >= 11 is 6.16. The Morgan fingerprint density at radius 3 is 2.54 bits per heavy atom. The minimum Gasteiger partial charge on any atom is -0.333 e. The van der Waals surface area contributed by atoms with E-state index in [4.69, 9.17) is 16.6 Å². The van der Waals surface area contributed by atoms with E-state index in [1.807, 2.05) is 61.4 Å². The highest BCUT2D eigenvalue weighted by atomic mass is 35.5. The van der Waals surface area contributed by atoms with E-state index in [0.29, 0.717) is 42.8 Å². The molecule has 3 heterocycles. The molecule has 1 saturated carbocycles. The van der Waals surface area contributed by atoms with Crippen molar-refractivity contribution in [1.82, 2.24) is 14.8 Å². The molecule has 0 bridgehead atoms. The van der Waals surface area contributed by atoms with Crippen LogP contribution in [-0.2, 0) is 4.79 Å². The average Bonchev–Trinajstić information content (AvgIpc) is 3.32. The third-order valence-corrected chi connectivity index (χ3v) is 7.98. The zero-order chi connectivity index (χ0) is 26.0. The van der Waals surface area contributed by atoms with Crippen molar-refractivity contribution in [2.24, 2.45) is 9.98 Å². The molecule has 3 aliphatic rings. The van der Waals surface area contributed by atoms with Gasteiger partial charge in [0.1, 0.15) is 5.69 Å². The van der Waals surface area contributed by atoms with E-state index in [0.717, 1.165) is 30.5 Å². The SMILES string of the molecule is CC1(C)CN(C(=O)c2cccc(C3CCCC3)n2)CCN1C(=O)C1=NCCC(c2cccc(Cl)c2)C=N1. The number of amidine groups is 1. The van der Waals surface area contributed by atoms with Crippen LogP contribution in [0.1, 0.15) is 79.5 Å². The van der Waals surface area contributed by atoms with Gasteiger partial charge in [-0.05, 0) is 62.9 Å². The topological polar surface area (TPSA) is 78.2 Å². The summed E-state index contributed by atoms with van der Waals surface area (Å²) in [6, 6.07) is 13.5. The van der Waals surface area contributed by atoms with Gasteiger partial charge >= 0.3 is 0 Å². The van der Waals surface area contributed by atoms with Crippen LogP contribution < -0.4 is 0 Å². The molecule has 1 saturated heterocycles. The fraction of sp³-hybridized carbons (Fsp3) is 0.483. The number of piperazine rings is 1. The lowest BCUT2D eigenvalue weighted by Crippen LogP contribution is -2.63. The smallest absolute Gasteiger partial charge is 0.291 e. The maximum absolute atomic E-state index is 13.5. The number of aromatic nitrogens is 1. The summed E-state index contributed by atoms with van der Waals surface area (Å²) in [4.78, 5) is 44.2. The molecule has 37 heavy (non-hydrogen) atoms. The summed E-state index contributed by atoms with van der Waals surface area (Å²) in [5, 5.41) is 0.682. The van der Waals surface area contributed by atoms with Crippen molar-refractivity contribution in [3.05, 3.63) is 64.4 Å². The number of aliphatic imine (C=N–C) groups is 2. The summed E-state index contributed by atoms with van der Waals surface area (Å²) < 4.78 is 0. The van der Waals surface area contributed by atoms with E-state index in [1.165, 1.54) is 12.8 Å². The second kappa shape index (κ2) is 10.7. The molecule has 2 fully saturated rings. The first-order valence-corrected chi connectivity index (χ1v) is 13.6. The molecule has 2 amide bonds. The molecule has 7 nitrogen and oxygen atoms in total. The molecule has 0 N–H and O–H groups in total. The number of carbonyl (C=O) groups excluding carboxylic acids is 2. The second-order valence-electron chi connectivity index (χ2n) is 10.9. The third kappa shape index (κ3) is 5.61. The first-order valence-electron chi connectivity index (χ1n) is 13.2. The number of hydrogen-bond donors (Lipinski definition) is 0. The predicted molar refractivity (Wildman–Crippen MR) is 147 cm³/mol. The number of nitrogens with zero attached hydrogens (tertiary/aromatic N) is 5. The Labute approximate surface area is 223 Å². The molecular formula is C29H34ClN5O2. The Morgan fingerprint density at radius 2 is 1.78 bits per heavy atom. The molecule has 8 heteroatoms. The van der Waals surface area contributed by atoms with Crippen LogP contribution in [0.4, 0.5) is 0 Å². The van der Waals surface area contributed by atoms with Gasteiger partial charge in [-0.15, -0.1) is 0 Å². The maximum Gasteiger partial charge on any atom is 0.291 e. The van der Waals surface area contributed by atoms with E-state index < -0.39 is 5.54 Å². The molecule has 1 aromatic carbocycles. The summed E-state index contributed by atoms with van der Waals surface area (Å²) in [5.41, 5.74) is 2.02. The quantitative estimate of drug-likeness (QED) is 0.563. The van der Waals surface area contributed by atoms with Crippen LogP contribution in [0.2, 0.25) is 5.02 Å². The summed E-state index contributed by atoms with van der Waals surface area (Å²) in [5.74, 6) is 0.472. The molecule has 5 rings (SSSR count). The number of carbonyl (C=O) groups is 2. The number of halogens is 1. The highest BCUT2D eigenvalue weighted by Crippen LogP contribution is 2.33. The van der Waals surface area contributed by atoms with Crippen LogP contribution in [-0.4, -0.2) is 70.4 Å². The Balaban J connectivity index is 1.26. The number of hydrogen-bond acceptors (Lipinski definition) is 5. The number of pyridine rings is 1. The monoisotopic (exact) mass is 519 g/mol. The molecule has 2 aromatic rings. The van der Waals surface area contributed by atoms with Gasteiger partial charge in [0.05, 0.1) is 5.54 Å². The number of amides is 2. The molecule has 0 radical (unpaired) electrons. The third-order valence-electron chi connectivity index (χ3n) is 7.74. The van der Waals surface area contributed by atoms with E-state index in [1.54, 1.807) is 11.0 Å². The Bertz CT molecular complexity index is 1230. The summed E-state index contributed by atoms with van der Waals surface area (Å²) in [7, 11) is 0. The van der Waals surface area contributed by atoms with Crippen molar-refractivity contribution < 1.29 is 9.59 Å². The van der Waals surface area contributed by atoms with Crippen molar-refractivity contribution in [2.45, 2.75) is 63.3 Å². The van der Waals surface area contributed by atoms with Gasteiger partial charge in [-0.1, -0.05) is 42.6 Å². The standard InChI is InChI=1S/C29H34ClN5O2/c1-29(2)19-34(27(36)25-12-6-11-24(33-25)20-7-3-4-8-20)15-16-35(29)28(37)26-31-14-13-22(18-32-26)21-9-5-10-23(30)17-21/h5-6,9-12,17-18,20,22H,3-4,7-8,13-16,19H2,1-2H3. The minimum atomic E-state index is -0.565. The van der Waals surface area contributed by atoms with Gasteiger partial charge in [0.25, 0.3) is 11.8 Å². The molecule has 1 aromatic heterocycles. The zero-order valence-corrected chi connectivity index (χ0v) is 22.3. The van der Waals surface area contributed by atoms with E-state index in [-0.39, 0.29) is 23.6 Å². The lowest BCUT2D eigenvalue weighted by Gasteiger charge is -2.46. The first kappa shape index (κ1) is 25.6. The minimum absolute atomic E-state index is 0.0581. The van der Waals surface area contributed by atoms with Gasteiger partial charge in [0.15, 0.2) is 0 Å². The van der Waals surface area contributed by atoms with Gasteiger partial charge in [-0.25, -0.2) is 9.98 Å². The summed E-state index contributed by atoms with van der Waals surface area (Å²) in [6.45, 7) is 5.79. The molecular weight excluding hydrogens is 486 g/mol. The van der Waals surface area contributed by atoms with Crippen molar-refractivity contribution in [3.63, 3.8) is 0 Å². The van der Waals surface area contributed by atoms with Gasteiger partial charge in [-0.2, -0.15) is 0 Å². The highest BCUT2D eigenvalue weighted by molar-refractivity contribution is 6.39. The van der Waals surface area contributed by atoms with Crippen molar-refractivity contribution in [2.75, 3.05) is 26.2 Å². The van der Waals surface area contributed by atoms with Gasteiger partial charge in [0, 0.05) is 54.9 Å². The second-order valence-corrected chi connectivity index (χ2v) is 11.3. The highest BCUT2D eigenvalue weighted by Gasteiger charge is 2.40. The molecule has 0 spiro atoms. The Kier molecular flexibility index (Phi) is 7.43. The van der Waals surface area contributed by atoms with Crippen LogP contribution in [0.15, 0.2) is 52.4 Å². The van der Waals surface area contributed by atoms with Crippen LogP contribution in [0.5, 0.6) is 0 Å². The Hall–Kier alpha value is -3.06. The largest absolute Gasteiger partial charge is 0.333 e. The number of benzene rings is 1. The fourth-order valence-corrected chi connectivity index (χ4v) is 5.90. The van der Waals surface area contributed by atoms with Crippen molar-refractivity contribution >= 4 is 35.5 Å². The van der Waals surface area contributed by atoms with Crippen LogP contribution in [0.25, 0.3) is 0 Å². The van der Waals surface area contributed by atoms with Crippen molar-refractivity contribution in [1.29, 1.82) is 0 Å². The zero-order valence-electron chi connectivity index (χ0n) is 21.6. The molecule has 2 aliphatic heterocycles. The van der Waals surface area contributed by atoms with E-state index in [9.17, 15) is 9.59 Å². The van der Waals surface area contributed by atoms with Gasteiger partial charge in [0.2, 0.25) is 5.84 Å². The molecule has 194 valence electrons. The lowest BCUT2D eigenvalue weighted by atomic mass is 9.97. The van der Waals surface area contributed by atoms with Gasteiger partial charge in [-0.3, -0.25) is 14.6 Å². The summed E-state index contributed by atoms with van der Waals surface area (Å²) in [6.07, 6.45) is 7.32. The average molecular weight is 520 g/mol. The first-order chi connectivity index (χ1) is 17.8. The van der Waals surface area contributed by atoms with Crippen LogP contribution in [0, 0.1) is 0 Å². The lowest BCUT2D eigenvalue weighted by molar-refractivity contribution is -0.132. The normalized spacial score (nSPS) is 22.0. The molecule has 1 aliphatic carbocycles. The Morgan fingerprint density at radius 1 is 1.00 bits per heavy atom. The van der Waals surface area contributed by atoms with Crippen LogP contribution >= 0.6 is 11.6 Å². The van der Waals surface area contributed by atoms with E-state index in [2.05, 4.69) is 9.98 Å². The molecule has 1 unspecified atom stereocenters. The fourth-order valence-electron chi connectivity index (χ4n) is 5.71. The maximum atomic E-state index is 13.5. The van der Waals surface area contributed by atoms with E-state index >= 15 is 0 Å². The van der Waals surface area contributed by atoms with Crippen molar-refractivity contribution in [3.8, 4) is 0 Å². The predicted octanol–water partition coefficient (Wildman–Crippen LogP) is 5.11. The van der Waals surface area contributed by atoms with Gasteiger partial charge < -0.3 is 9.80 Å².